The summed E-state index contributed by atoms with van der Waals surface area (Å²) in [6.45, 7) is 1.10. The molecule has 0 saturated heterocycles. The summed E-state index contributed by atoms with van der Waals surface area (Å²) in [6, 6.07) is 9.96. The number of halogens is 1. The van der Waals surface area contributed by atoms with Crippen LogP contribution < -0.4 is 10.6 Å². The third kappa shape index (κ3) is 2.06. The van der Waals surface area contributed by atoms with Crippen molar-refractivity contribution in [1.82, 2.24) is 0 Å². The molecule has 5 heteroatoms. The maximum absolute atomic E-state index is 12.7. The van der Waals surface area contributed by atoms with E-state index in [0.717, 1.165) is 12.2 Å². The lowest BCUT2D eigenvalue weighted by molar-refractivity contribution is 0.0987. The molecule has 0 unspecified atom stereocenters. The number of carbonyl (C=O) groups excluding carboxylic acids is 1. The number of fused-ring (bicyclic) bond motifs is 2. The molecule has 1 aromatic heterocycles. The van der Waals surface area contributed by atoms with E-state index in [1.54, 1.807) is 6.07 Å². The van der Waals surface area contributed by atoms with Crippen LogP contribution in [0.15, 0.2) is 41.0 Å². The van der Waals surface area contributed by atoms with E-state index >= 15 is 0 Å². The molecule has 2 aliphatic rings. The molecular weight excluding hydrogens is 288 g/mol. The number of nitrogens with zero attached hydrogens (tertiary/aromatic N) is 1. The number of para-hydroxylation sites is 1. The number of furan rings is 1. The van der Waals surface area contributed by atoms with Crippen molar-refractivity contribution in [3.63, 3.8) is 0 Å². The van der Waals surface area contributed by atoms with Gasteiger partial charge in [-0.25, -0.2) is 0 Å². The molecule has 1 aromatic carbocycles. The minimum Gasteiger partial charge on any atom is -0.467 e. The van der Waals surface area contributed by atoms with Crippen molar-refractivity contribution in [2.45, 2.75) is 24.8 Å². The van der Waals surface area contributed by atoms with Gasteiger partial charge >= 0.3 is 0 Å². The van der Waals surface area contributed by atoms with Crippen LogP contribution in [0.1, 0.15) is 34.5 Å². The zero-order valence-electron chi connectivity index (χ0n) is 11.5. The summed E-state index contributed by atoms with van der Waals surface area (Å²) in [5.41, 5.74) is 8.69. The standard InChI is InChI=1S/C16H16N2O2.ClH/c17-8-12-7-11(9-20-12)15(19)18-10-16(5-6-16)13-3-1-2-4-14(13)18;/h1-4,7,9H,5-6,8,10,17H2;1H. The molecule has 1 spiro atoms. The molecule has 1 aliphatic heterocycles. The summed E-state index contributed by atoms with van der Waals surface area (Å²) in [5, 5.41) is 0. The maximum atomic E-state index is 12.7. The van der Waals surface area contributed by atoms with Gasteiger partial charge in [-0.3, -0.25) is 4.79 Å². The van der Waals surface area contributed by atoms with E-state index in [1.165, 1.54) is 24.7 Å². The first kappa shape index (κ1) is 14.2. The Morgan fingerprint density at radius 2 is 2.10 bits per heavy atom. The molecule has 1 saturated carbocycles. The van der Waals surface area contributed by atoms with Crippen LogP contribution in [0.4, 0.5) is 5.69 Å². The number of hydrogen-bond acceptors (Lipinski definition) is 3. The fourth-order valence-corrected chi connectivity index (χ4v) is 3.15. The predicted molar refractivity (Wildman–Crippen MR) is 82.9 cm³/mol. The molecule has 4 nitrogen and oxygen atoms in total. The van der Waals surface area contributed by atoms with E-state index in [1.807, 2.05) is 17.0 Å². The summed E-state index contributed by atoms with van der Waals surface area (Å²) in [5.74, 6) is 0.645. The maximum Gasteiger partial charge on any atom is 0.261 e. The fraction of sp³-hybridized carbons (Fsp3) is 0.312. The number of benzene rings is 1. The van der Waals surface area contributed by atoms with Crippen molar-refractivity contribution < 1.29 is 9.21 Å². The van der Waals surface area contributed by atoms with Crippen molar-refractivity contribution in [3.05, 3.63) is 53.5 Å². The Hall–Kier alpha value is -1.78. The van der Waals surface area contributed by atoms with Crippen LogP contribution >= 0.6 is 12.4 Å². The molecule has 2 heterocycles. The van der Waals surface area contributed by atoms with Crippen LogP contribution in [0.3, 0.4) is 0 Å². The third-order valence-electron chi connectivity index (χ3n) is 4.43. The van der Waals surface area contributed by atoms with Gasteiger partial charge in [0.15, 0.2) is 0 Å². The average Bonchev–Trinajstić information content (AvgIpc) is 2.98. The molecule has 1 aliphatic carbocycles. The first-order valence-corrected chi connectivity index (χ1v) is 6.92. The Kier molecular flexibility index (Phi) is 3.30. The summed E-state index contributed by atoms with van der Waals surface area (Å²) >= 11 is 0. The van der Waals surface area contributed by atoms with Gasteiger partial charge in [0.05, 0.1) is 12.1 Å². The summed E-state index contributed by atoms with van der Waals surface area (Å²) in [4.78, 5) is 14.6. The van der Waals surface area contributed by atoms with Crippen LogP contribution in [0.2, 0.25) is 0 Å². The van der Waals surface area contributed by atoms with Crippen molar-refractivity contribution in [1.29, 1.82) is 0 Å². The van der Waals surface area contributed by atoms with Crippen LogP contribution in [-0.2, 0) is 12.0 Å². The molecule has 1 fully saturated rings. The second kappa shape index (κ2) is 4.90. The number of amides is 1. The lowest BCUT2D eigenvalue weighted by Gasteiger charge is -2.16. The van der Waals surface area contributed by atoms with Gasteiger partial charge in [-0.2, -0.15) is 0 Å². The minimum atomic E-state index is 0. The highest BCUT2D eigenvalue weighted by Crippen LogP contribution is 2.56. The Labute approximate surface area is 129 Å². The van der Waals surface area contributed by atoms with Gasteiger partial charge in [0.2, 0.25) is 0 Å². The summed E-state index contributed by atoms with van der Waals surface area (Å²) in [7, 11) is 0. The second-order valence-electron chi connectivity index (χ2n) is 5.69. The molecule has 2 aromatic rings. The molecule has 1 amide bonds. The first-order chi connectivity index (χ1) is 9.73. The van der Waals surface area contributed by atoms with E-state index in [-0.39, 0.29) is 23.7 Å². The number of anilines is 1. The van der Waals surface area contributed by atoms with E-state index < -0.39 is 0 Å². The predicted octanol–water partition coefficient (Wildman–Crippen LogP) is 2.85. The zero-order chi connectivity index (χ0) is 13.7. The summed E-state index contributed by atoms with van der Waals surface area (Å²) < 4.78 is 5.28. The SMILES string of the molecule is Cl.NCc1cc(C(=O)N2CC3(CC3)c3ccccc32)co1. The van der Waals surface area contributed by atoms with Crippen LogP contribution in [0.5, 0.6) is 0 Å². The molecule has 0 atom stereocenters. The van der Waals surface area contributed by atoms with E-state index in [2.05, 4.69) is 12.1 Å². The van der Waals surface area contributed by atoms with Gasteiger partial charge in [-0.15, -0.1) is 12.4 Å². The highest BCUT2D eigenvalue weighted by molar-refractivity contribution is 6.07. The van der Waals surface area contributed by atoms with Crippen molar-refractivity contribution >= 4 is 24.0 Å². The van der Waals surface area contributed by atoms with Crippen molar-refractivity contribution in [3.8, 4) is 0 Å². The molecular formula is C16H17ClN2O2. The van der Waals surface area contributed by atoms with E-state index in [4.69, 9.17) is 10.2 Å². The van der Waals surface area contributed by atoms with Gasteiger partial charge in [-0.05, 0) is 30.5 Å². The monoisotopic (exact) mass is 304 g/mol. The number of rotatable bonds is 2. The molecule has 0 radical (unpaired) electrons. The lowest BCUT2D eigenvalue weighted by atomic mass is 9.99. The molecule has 21 heavy (non-hydrogen) atoms. The molecule has 110 valence electrons. The molecule has 0 bridgehead atoms. The number of nitrogens with two attached hydrogens (primary N) is 1. The highest BCUT2D eigenvalue weighted by Gasteiger charge is 2.52. The van der Waals surface area contributed by atoms with Crippen LogP contribution in [0.25, 0.3) is 0 Å². The zero-order valence-corrected chi connectivity index (χ0v) is 12.4. The Morgan fingerprint density at radius 3 is 2.76 bits per heavy atom. The minimum absolute atomic E-state index is 0. The Balaban J connectivity index is 0.00000132. The fourth-order valence-electron chi connectivity index (χ4n) is 3.15. The third-order valence-corrected chi connectivity index (χ3v) is 4.43. The van der Waals surface area contributed by atoms with Gasteiger partial charge in [0.1, 0.15) is 12.0 Å². The smallest absolute Gasteiger partial charge is 0.261 e. The van der Waals surface area contributed by atoms with Crippen molar-refractivity contribution in [2.75, 3.05) is 11.4 Å². The van der Waals surface area contributed by atoms with Gasteiger partial charge < -0.3 is 15.1 Å². The highest BCUT2D eigenvalue weighted by atomic mass is 35.5. The lowest BCUT2D eigenvalue weighted by Crippen LogP contribution is -2.31. The van der Waals surface area contributed by atoms with Gasteiger partial charge in [0.25, 0.3) is 5.91 Å². The van der Waals surface area contributed by atoms with Crippen LogP contribution in [0, 0.1) is 0 Å². The Bertz CT molecular complexity index is 691. The van der Waals surface area contributed by atoms with Gasteiger partial charge in [-0.1, -0.05) is 18.2 Å². The largest absolute Gasteiger partial charge is 0.467 e. The number of hydrogen-bond donors (Lipinski definition) is 1. The van der Waals surface area contributed by atoms with E-state index in [0.29, 0.717) is 17.9 Å². The van der Waals surface area contributed by atoms with E-state index in [9.17, 15) is 4.79 Å². The average molecular weight is 305 g/mol. The first-order valence-electron chi connectivity index (χ1n) is 6.92. The molecule has 2 N–H and O–H groups in total. The van der Waals surface area contributed by atoms with Gasteiger partial charge in [0, 0.05) is 17.6 Å². The quantitative estimate of drug-likeness (QED) is 0.928. The Morgan fingerprint density at radius 1 is 1.33 bits per heavy atom. The number of carbonyl (C=O) groups is 1. The van der Waals surface area contributed by atoms with Crippen LogP contribution in [-0.4, -0.2) is 12.5 Å². The van der Waals surface area contributed by atoms with Crippen molar-refractivity contribution in [2.24, 2.45) is 5.73 Å². The molecule has 4 rings (SSSR count). The normalized spacial score (nSPS) is 17.5. The second-order valence-corrected chi connectivity index (χ2v) is 5.69. The topological polar surface area (TPSA) is 59.5 Å². The summed E-state index contributed by atoms with van der Waals surface area (Å²) in [6.07, 6.45) is 3.85.